The highest BCUT2D eigenvalue weighted by Gasteiger charge is 2.22. The van der Waals surface area contributed by atoms with Crippen LogP contribution in [0.25, 0.3) is 0 Å². The smallest absolute Gasteiger partial charge is 0.306 e. The van der Waals surface area contributed by atoms with Crippen molar-refractivity contribution >= 4 is 11.9 Å². The van der Waals surface area contributed by atoms with E-state index in [1.54, 1.807) is 0 Å². The van der Waals surface area contributed by atoms with Gasteiger partial charge >= 0.3 is 5.97 Å². The summed E-state index contributed by atoms with van der Waals surface area (Å²) in [5.41, 5.74) is 0. The van der Waals surface area contributed by atoms with Crippen molar-refractivity contribution in [2.45, 2.75) is 168 Å². The lowest BCUT2D eigenvalue weighted by Gasteiger charge is -2.29. The van der Waals surface area contributed by atoms with Crippen molar-refractivity contribution in [1.82, 2.24) is 0 Å². The Morgan fingerprint density at radius 2 is 1.05 bits per heavy atom. The maximum atomic E-state index is 12.1. The first-order chi connectivity index (χ1) is 18.1. The van der Waals surface area contributed by atoms with E-state index >= 15 is 0 Å². The van der Waals surface area contributed by atoms with Crippen LogP contribution in [-0.2, 0) is 14.3 Å². The van der Waals surface area contributed by atoms with Crippen LogP contribution in [0.2, 0.25) is 0 Å². The van der Waals surface area contributed by atoms with Gasteiger partial charge in [0.05, 0.1) is 21.1 Å². The monoisotopic (exact) mass is 539 g/mol. The van der Waals surface area contributed by atoms with E-state index in [-0.39, 0.29) is 12.4 Å². The van der Waals surface area contributed by atoms with Crippen LogP contribution in [0.4, 0.5) is 0 Å². The molecule has 2 unspecified atom stereocenters. The second-order valence-electron chi connectivity index (χ2n) is 13.0. The summed E-state index contributed by atoms with van der Waals surface area (Å²) in [6.45, 7) is 5.19. The van der Waals surface area contributed by atoms with Crippen molar-refractivity contribution < 1.29 is 23.9 Å². The van der Waals surface area contributed by atoms with Crippen molar-refractivity contribution in [3.8, 4) is 0 Å². The number of hydrogen-bond acceptors (Lipinski definition) is 4. The number of carbonyl (C=O) groups is 2. The maximum Gasteiger partial charge on any atom is 0.306 e. The van der Waals surface area contributed by atoms with Gasteiger partial charge in [-0.2, -0.15) is 0 Å². The molecule has 0 aliphatic carbocycles. The Morgan fingerprint density at radius 1 is 0.658 bits per heavy atom. The topological polar surface area (TPSA) is 66.4 Å². The summed E-state index contributed by atoms with van der Waals surface area (Å²) in [5.74, 6) is -0.580. The first-order valence-electron chi connectivity index (χ1n) is 16.3. The van der Waals surface area contributed by atoms with Gasteiger partial charge in [-0.3, -0.25) is 4.79 Å². The van der Waals surface area contributed by atoms with Gasteiger partial charge in [-0.25, -0.2) is 0 Å². The standard InChI is InChI=1S/C33H65NO4/c1-6-7-8-9-10-11-12-13-16-19-22-25-30(2)26-23-20-17-14-15-18-21-24-27-33(37)38-31(28-32(35)36)29-34(3,4)5/h30-31H,6-29H2,1-5H3. The number of ether oxygens (including phenoxy) is 1. The molecule has 0 bridgehead atoms. The first kappa shape index (κ1) is 36.9. The van der Waals surface area contributed by atoms with Crippen LogP contribution in [0.1, 0.15) is 162 Å². The lowest BCUT2D eigenvalue weighted by Crippen LogP contribution is -2.45. The number of unbranched alkanes of at least 4 members (excludes halogenated alkanes) is 17. The predicted octanol–water partition coefficient (Wildman–Crippen LogP) is 7.98. The molecule has 226 valence electrons. The number of rotatable bonds is 28. The van der Waals surface area contributed by atoms with Crippen LogP contribution in [0.5, 0.6) is 0 Å². The minimum atomic E-state index is -1.17. The number of carboxylic acids is 1. The van der Waals surface area contributed by atoms with Gasteiger partial charge in [-0.15, -0.1) is 0 Å². The predicted molar refractivity (Wildman–Crippen MR) is 159 cm³/mol. The van der Waals surface area contributed by atoms with E-state index in [0.717, 1.165) is 25.2 Å². The van der Waals surface area contributed by atoms with Crippen molar-refractivity contribution in [2.75, 3.05) is 27.7 Å². The molecule has 5 heteroatoms. The van der Waals surface area contributed by atoms with Crippen LogP contribution in [0, 0.1) is 5.92 Å². The molecule has 0 aromatic carbocycles. The highest BCUT2D eigenvalue weighted by atomic mass is 16.5. The van der Waals surface area contributed by atoms with E-state index in [9.17, 15) is 14.7 Å². The highest BCUT2D eigenvalue weighted by Crippen LogP contribution is 2.19. The molecule has 0 spiro atoms. The lowest BCUT2D eigenvalue weighted by atomic mass is 9.95. The number of esters is 1. The summed E-state index contributed by atoms with van der Waals surface area (Å²) < 4.78 is 5.96. The van der Waals surface area contributed by atoms with E-state index in [1.807, 2.05) is 21.1 Å². The van der Waals surface area contributed by atoms with Gasteiger partial charge in [-0.05, 0) is 12.3 Å². The average Bonchev–Trinajstić information content (AvgIpc) is 2.82. The number of likely N-dealkylation sites (N-methyl/N-ethyl adjacent to an activating group) is 1. The van der Waals surface area contributed by atoms with Crippen molar-refractivity contribution in [2.24, 2.45) is 5.92 Å². The van der Waals surface area contributed by atoms with Crippen LogP contribution < -0.4 is 5.11 Å². The van der Waals surface area contributed by atoms with Gasteiger partial charge in [0.2, 0.25) is 0 Å². The molecule has 0 fully saturated rings. The maximum absolute atomic E-state index is 12.1. The first-order valence-corrected chi connectivity index (χ1v) is 16.3. The number of hydrogen-bond donors (Lipinski definition) is 0. The number of aliphatic carboxylic acids is 1. The van der Waals surface area contributed by atoms with E-state index in [4.69, 9.17) is 4.74 Å². The molecule has 5 nitrogen and oxygen atoms in total. The largest absolute Gasteiger partial charge is 0.550 e. The summed E-state index contributed by atoms with van der Waals surface area (Å²) >= 11 is 0. The summed E-state index contributed by atoms with van der Waals surface area (Å²) in [7, 11) is 5.87. The molecule has 0 saturated carbocycles. The minimum Gasteiger partial charge on any atom is -0.550 e. The van der Waals surface area contributed by atoms with E-state index < -0.39 is 12.1 Å². The van der Waals surface area contributed by atoms with Crippen LogP contribution in [-0.4, -0.2) is 50.2 Å². The molecular weight excluding hydrogens is 474 g/mol. The molecule has 0 N–H and O–H groups in total. The van der Waals surface area contributed by atoms with E-state index in [0.29, 0.717) is 17.4 Å². The fourth-order valence-electron chi connectivity index (χ4n) is 5.31. The van der Waals surface area contributed by atoms with Crippen LogP contribution in [0.15, 0.2) is 0 Å². The summed E-state index contributed by atoms with van der Waals surface area (Å²) in [5, 5.41) is 10.9. The second-order valence-corrected chi connectivity index (χ2v) is 13.0. The van der Waals surface area contributed by atoms with Gasteiger partial charge in [0, 0.05) is 18.8 Å². The Labute approximate surface area is 237 Å². The highest BCUT2D eigenvalue weighted by molar-refractivity contribution is 5.70. The van der Waals surface area contributed by atoms with Gasteiger partial charge < -0.3 is 19.1 Å². The molecule has 0 aliphatic heterocycles. The Hall–Kier alpha value is -1.10. The fourth-order valence-corrected chi connectivity index (χ4v) is 5.31. The second kappa shape index (κ2) is 24.9. The summed E-state index contributed by atoms with van der Waals surface area (Å²) in [4.78, 5) is 23.1. The SMILES string of the molecule is CCCCCCCCCCCCCC(C)CCCCCCCCCCC(=O)OC(CC(=O)[O-])C[N+](C)(C)C. The van der Waals surface area contributed by atoms with Crippen LogP contribution in [0.3, 0.4) is 0 Å². The Morgan fingerprint density at radius 3 is 1.45 bits per heavy atom. The Kier molecular flexibility index (Phi) is 24.2. The van der Waals surface area contributed by atoms with Gasteiger partial charge in [0.25, 0.3) is 0 Å². The number of quaternary nitrogens is 1. The summed E-state index contributed by atoms with van der Waals surface area (Å²) in [6.07, 6.45) is 27.6. The zero-order chi connectivity index (χ0) is 28.5. The molecule has 0 aromatic rings. The normalized spacial score (nSPS) is 13.4. The lowest BCUT2D eigenvalue weighted by molar-refractivity contribution is -0.873. The molecule has 0 amide bonds. The van der Waals surface area contributed by atoms with Crippen molar-refractivity contribution in [3.63, 3.8) is 0 Å². The third kappa shape index (κ3) is 27.9. The Balaban J connectivity index is 3.51. The molecule has 0 aromatic heterocycles. The number of nitrogens with zero attached hydrogens (tertiary/aromatic N) is 1. The molecule has 2 atom stereocenters. The zero-order valence-electron chi connectivity index (χ0n) is 26.2. The fraction of sp³-hybridized carbons (Fsp3) is 0.939. The molecule has 0 aliphatic rings. The number of carboxylic acid groups (broad SMARTS) is 1. The molecule has 0 radical (unpaired) electrons. The molecule has 0 rings (SSSR count). The third-order valence-electron chi connectivity index (χ3n) is 7.57. The average molecular weight is 540 g/mol. The van der Waals surface area contributed by atoms with E-state index in [2.05, 4.69) is 13.8 Å². The van der Waals surface area contributed by atoms with Gasteiger partial charge in [-0.1, -0.05) is 142 Å². The molecule has 38 heavy (non-hydrogen) atoms. The zero-order valence-corrected chi connectivity index (χ0v) is 26.2. The van der Waals surface area contributed by atoms with E-state index in [1.165, 1.54) is 116 Å². The van der Waals surface area contributed by atoms with Gasteiger partial charge in [0.15, 0.2) is 6.10 Å². The molecular formula is C33H65NO4. The van der Waals surface area contributed by atoms with Gasteiger partial charge in [0.1, 0.15) is 6.54 Å². The quantitative estimate of drug-likeness (QED) is 0.0574. The Bertz CT molecular complexity index is 558. The minimum absolute atomic E-state index is 0.237. The molecule has 0 heterocycles. The molecule has 0 saturated heterocycles. The third-order valence-corrected chi connectivity index (χ3v) is 7.57. The number of carbonyl (C=O) groups excluding carboxylic acids is 2. The summed E-state index contributed by atoms with van der Waals surface area (Å²) in [6, 6.07) is 0. The van der Waals surface area contributed by atoms with Crippen molar-refractivity contribution in [1.29, 1.82) is 0 Å². The van der Waals surface area contributed by atoms with Crippen LogP contribution >= 0.6 is 0 Å². The van der Waals surface area contributed by atoms with Crippen molar-refractivity contribution in [3.05, 3.63) is 0 Å².